The zero-order valence-corrected chi connectivity index (χ0v) is 17.4. The number of aromatic nitrogens is 5. The van der Waals surface area contributed by atoms with Gasteiger partial charge in [0.25, 0.3) is 11.6 Å². The molecule has 0 saturated heterocycles. The Labute approximate surface area is 179 Å². The Balaban J connectivity index is 1.50. The van der Waals surface area contributed by atoms with Crippen molar-refractivity contribution in [3.05, 3.63) is 69.7 Å². The van der Waals surface area contributed by atoms with Gasteiger partial charge in [0, 0.05) is 34.4 Å². The molecule has 0 spiro atoms. The standard InChI is InChI=1S/C20H17F3N6OS/c1-11-15(12(2)29-18(25-11)27-17(28-29)20(21,22)23)9-16(30)26-19-24-10-14(31-19)8-13-6-4-3-5-7-13/h3-7,10H,8-9H2,1-2H3,(H,24,26,30). The van der Waals surface area contributed by atoms with E-state index in [0.29, 0.717) is 28.5 Å². The van der Waals surface area contributed by atoms with E-state index in [-0.39, 0.29) is 18.1 Å². The molecule has 0 radical (unpaired) electrons. The number of amides is 1. The molecule has 0 bridgehead atoms. The van der Waals surface area contributed by atoms with Crippen molar-refractivity contribution in [1.82, 2.24) is 24.6 Å². The summed E-state index contributed by atoms with van der Waals surface area (Å²) in [5, 5.41) is 6.70. The second-order valence-electron chi connectivity index (χ2n) is 6.93. The van der Waals surface area contributed by atoms with E-state index in [1.807, 2.05) is 30.3 Å². The molecule has 1 aromatic carbocycles. The highest BCUT2D eigenvalue weighted by Gasteiger charge is 2.37. The minimum atomic E-state index is -4.67. The molecular formula is C20H17F3N6OS. The fourth-order valence-corrected chi connectivity index (χ4v) is 4.02. The van der Waals surface area contributed by atoms with Gasteiger partial charge in [0.15, 0.2) is 5.13 Å². The van der Waals surface area contributed by atoms with Crippen LogP contribution in [0.25, 0.3) is 5.78 Å². The van der Waals surface area contributed by atoms with Crippen molar-refractivity contribution in [3.63, 3.8) is 0 Å². The number of alkyl halides is 3. The zero-order valence-electron chi connectivity index (χ0n) is 16.6. The van der Waals surface area contributed by atoms with Gasteiger partial charge in [-0.15, -0.1) is 16.4 Å². The van der Waals surface area contributed by atoms with Crippen molar-refractivity contribution < 1.29 is 18.0 Å². The highest BCUT2D eigenvalue weighted by Crippen LogP contribution is 2.27. The third-order valence-electron chi connectivity index (χ3n) is 4.66. The SMILES string of the molecule is Cc1nc2nc(C(F)(F)F)nn2c(C)c1CC(=O)Nc1ncc(Cc2ccccc2)s1. The predicted molar refractivity (Wildman–Crippen MR) is 109 cm³/mol. The summed E-state index contributed by atoms with van der Waals surface area (Å²) in [6.45, 7) is 3.21. The lowest BCUT2D eigenvalue weighted by molar-refractivity contribution is -0.144. The number of carbonyl (C=O) groups is 1. The highest BCUT2D eigenvalue weighted by molar-refractivity contribution is 7.15. The molecule has 11 heteroatoms. The number of fused-ring (bicyclic) bond motifs is 1. The number of rotatable bonds is 5. The summed E-state index contributed by atoms with van der Waals surface area (Å²) < 4.78 is 39.8. The summed E-state index contributed by atoms with van der Waals surface area (Å²) in [5.74, 6) is -1.76. The van der Waals surface area contributed by atoms with Crippen LogP contribution in [0, 0.1) is 13.8 Å². The molecule has 3 heterocycles. The number of carbonyl (C=O) groups excluding carboxylic acids is 1. The molecule has 0 unspecified atom stereocenters. The van der Waals surface area contributed by atoms with E-state index < -0.39 is 12.0 Å². The molecule has 0 aliphatic carbocycles. The summed E-state index contributed by atoms with van der Waals surface area (Å²) in [5.41, 5.74) is 2.43. The Bertz CT molecular complexity index is 1250. The monoisotopic (exact) mass is 446 g/mol. The molecule has 1 N–H and O–H groups in total. The Kier molecular flexibility index (Phi) is 5.44. The van der Waals surface area contributed by atoms with E-state index in [1.165, 1.54) is 11.3 Å². The first-order chi connectivity index (χ1) is 14.7. The van der Waals surface area contributed by atoms with Crippen LogP contribution >= 0.6 is 11.3 Å². The fraction of sp³-hybridized carbons (Fsp3) is 0.250. The van der Waals surface area contributed by atoms with Crippen LogP contribution in [-0.4, -0.2) is 30.5 Å². The van der Waals surface area contributed by atoms with Crippen molar-refractivity contribution in [1.29, 1.82) is 0 Å². The number of halogens is 3. The van der Waals surface area contributed by atoms with Gasteiger partial charge in [-0.3, -0.25) is 4.79 Å². The highest BCUT2D eigenvalue weighted by atomic mass is 32.1. The van der Waals surface area contributed by atoms with E-state index in [2.05, 4.69) is 25.4 Å². The number of anilines is 1. The average molecular weight is 446 g/mol. The van der Waals surface area contributed by atoms with Crippen LogP contribution in [0.5, 0.6) is 0 Å². The van der Waals surface area contributed by atoms with Crippen molar-refractivity contribution in [3.8, 4) is 0 Å². The fourth-order valence-electron chi connectivity index (χ4n) is 3.15. The average Bonchev–Trinajstić information content (AvgIpc) is 3.33. The van der Waals surface area contributed by atoms with E-state index in [1.54, 1.807) is 20.0 Å². The first-order valence-electron chi connectivity index (χ1n) is 9.29. The first-order valence-corrected chi connectivity index (χ1v) is 10.1. The molecule has 4 rings (SSSR count). The number of aryl methyl sites for hydroxylation is 2. The summed E-state index contributed by atoms with van der Waals surface area (Å²) in [4.78, 5) is 25.3. The predicted octanol–water partition coefficient (Wildman–Crippen LogP) is 3.99. The largest absolute Gasteiger partial charge is 0.453 e. The van der Waals surface area contributed by atoms with E-state index >= 15 is 0 Å². The minimum absolute atomic E-state index is 0.0740. The number of hydrogen-bond donors (Lipinski definition) is 1. The van der Waals surface area contributed by atoms with Gasteiger partial charge in [0.05, 0.1) is 6.42 Å². The third kappa shape index (κ3) is 4.55. The molecular weight excluding hydrogens is 429 g/mol. The lowest BCUT2D eigenvalue weighted by Crippen LogP contribution is -2.17. The Morgan fingerprint density at radius 2 is 1.90 bits per heavy atom. The van der Waals surface area contributed by atoms with Gasteiger partial charge in [0.1, 0.15) is 0 Å². The van der Waals surface area contributed by atoms with Gasteiger partial charge in [-0.2, -0.15) is 18.2 Å². The van der Waals surface area contributed by atoms with E-state index in [9.17, 15) is 18.0 Å². The number of nitrogens with one attached hydrogen (secondary N) is 1. The molecule has 31 heavy (non-hydrogen) atoms. The summed E-state index contributed by atoms with van der Waals surface area (Å²) in [6, 6.07) is 9.89. The van der Waals surface area contributed by atoms with Crippen LogP contribution in [0.15, 0.2) is 36.5 Å². The Morgan fingerprint density at radius 1 is 1.16 bits per heavy atom. The zero-order chi connectivity index (χ0) is 22.2. The summed E-state index contributed by atoms with van der Waals surface area (Å²) in [6.07, 6.45) is -2.32. The first kappa shape index (κ1) is 20.9. The maximum Gasteiger partial charge on any atom is 0.453 e. The number of hydrogen-bond acceptors (Lipinski definition) is 6. The molecule has 0 fully saturated rings. The lowest BCUT2D eigenvalue weighted by atomic mass is 10.1. The number of nitrogens with zero attached hydrogens (tertiary/aromatic N) is 5. The van der Waals surface area contributed by atoms with Crippen molar-refractivity contribution in [2.75, 3.05) is 5.32 Å². The van der Waals surface area contributed by atoms with Crippen LogP contribution in [0.2, 0.25) is 0 Å². The van der Waals surface area contributed by atoms with Gasteiger partial charge in [-0.25, -0.2) is 14.5 Å². The van der Waals surface area contributed by atoms with Crippen LogP contribution in [0.4, 0.5) is 18.3 Å². The van der Waals surface area contributed by atoms with E-state index in [0.717, 1.165) is 15.0 Å². The van der Waals surface area contributed by atoms with Crippen LogP contribution < -0.4 is 5.32 Å². The third-order valence-corrected chi connectivity index (χ3v) is 5.57. The van der Waals surface area contributed by atoms with Crippen molar-refractivity contribution in [2.45, 2.75) is 32.9 Å². The van der Waals surface area contributed by atoms with Crippen molar-refractivity contribution >= 4 is 28.2 Å². The summed E-state index contributed by atoms with van der Waals surface area (Å²) >= 11 is 1.37. The van der Waals surface area contributed by atoms with Gasteiger partial charge in [-0.1, -0.05) is 30.3 Å². The second kappa shape index (κ2) is 8.06. The molecule has 0 aliphatic rings. The molecule has 0 saturated carbocycles. The van der Waals surface area contributed by atoms with Gasteiger partial charge in [0.2, 0.25) is 5.91 Å². The quantitative estimate of drug-likeness (QED) is 0.501. The molecule has 160 valence electrons. The maximum absolute atomic E-state index is 12.9. The maximum atomic E-state index is 12.9. The smallest absolute Gasteiger partial charge is 0.302 e. The van der Waals surface area contributed by atoms with Gasteiger partial charge < -0.3 is 5.32 Å². The lowest BCUT2D eigenvalue weighted by Gasteiger charge is -2.09. The molecule has 0 aliphatic heterocycles. The van der Waals surface area contributed by atoms with Crippen LogP contribution in [0.3, 0.4) is 0 Å². The topological polar surface area (TPSA) is 85.1 Å². The second-order valence-corrected chi connectivity index (χ2v) is 8.04. The molecule has 3 aromatic heterocycles. The molecule has 7 nitrogen and oxygen atoms in total. The number of benzene rings is 1. The Morgan fingerprint density at radius 3 is 2.61 bits per heavy atom. The van der Waals surface area contributed by atoms with Gasteiger partial charge in [-0.05, 0) is 19.4 Å². The molecule has 0 atom stereocenters. The molecule has 1 amide bonds. The van der Waals surface area contributed by atoms with Crippen molar-refractivity contribution in [2.24, 2.45) is 0 Å². The van der Waals surface area contributed by atoms with E-state index in [4.69, 9.17) is 0 Å². The minimum Gasteiger partial charge on any atom is -0.302 e. The normalized spacial score (nSPS) is 11.8. The molecule has 4 aromatic rings. The number of thiazole rings is 1. The van der Waals surface area contributed by atoms with Crippen LogP contribution in [-0.2, 0) is 23.8 Å². The van der Waals surface area contributed by atoms with Gasteiger partial charge >= 0.3 is 6.18 Å². The summed E-state index contributed by atoms with van der Waals surface area (Å²) in [7, 11) is 0. The Hall–Kier alpha value is -3.34. The van der Waals surface area contributed by atoms with Crippen LogP contribution in [0.1, 0.15) is 33.2 Å².